The Bertz CT molecular complexity index is 950. The van der Waals surface area contributed by atoms with Crippen LogP contribution in [0.2, 0.25) is 0 Å². The van der Waals surface area contributed by atoms with Crippen molar-refractivity contribution >= 4 is 67.3 Å². The number of rotatable bonds is 4. The minimum absolute atomic E-state index is 0.128. The van der Waals surface area contributed by atoms with Gasteiger partial charge < -0.3 is 9.88 Å². The van der Waals surface area contributed by atoms with Gasteiger partial charge in [-0.3, -0.25) is 9.59 Å². The molecular weight excluding hydrogens is 483 g/mol. The molecule has 122 valence electrons. The van der Waals surface area contributed by atoms with Crippen molar-refractivity contribution in [3.8, 4) is 0 Å². The van der Waals surface area contributed by atoms with E-state index in [-0.39, 0.29) is 12.5 Å². The Morgan fingerprint density at radius 2 is 2.08 bits per heavy atom. The van der Waals surface area contributed by atoms with Gasteiger partial charge in [-0.25, -0.2) is 0 Å². The zero-order valence-electron chi connectivity index (χ0n) is 12.8. The van der Waals surface area contributed by atoms with Crippen LogP contribution in [0.15, 0.2) is 47.1 Å². The van der Waals surface area contributed by atoms with Crippen molar-refractivity contribution in [1.29, 1.82) is 0 Å². The quantitative estimate of drug-likeness (QED) is 0.418. The minimum Gasteiger partial charge on any atom is -0.337 e. The molecule has 1 heterocycles. The molecule has 0 saturated carbocycles. The lowest BCUT2D eigenvalue weighted by atomic mass is 10.2. The molecule has 0 fully saturated rings. The van der Waals surface area contributed by atoms with Crippen LogP contribution >= 0.6 is 38.5 Å². The normalized spacial score (nSPS) is 10.8. The van der Waals surface area contributed by atoms with E-state index in [1.807, 2.05) is 43.3 Å². The second-order valence-corrected chi connectivity index (χ2v) is 7.66. The van der Waals surface area contributed by atoms with Crippen molar-refractivity contribution in [3.63, 3.8) is 0 Å². The van der Waals surface area contributed by atoms with Crippen LogP contribution in [0.1, 0.15) is 15.9 Å². The average molecular weight is 497 g/mol. The third kappa shape index (κ3) is 3.54. The number of nitrogens with zero attached hydrogens (tertiary/aromatic N) is 1. The third-order valence-corrected chi connectivity index (χ3v) is 4.94. The number of halogens is 2. The zero-order chi connectivity index (χ0) is 17.3. The van der Waals surface area contributed by atoms with Gasteiger partial charge in [-0.05, 0) is 71.5 Å². The molecule has 4 nitrogen and oxygen atoms in total. The molecule has 3 rings (SSSR count). The fourth-order valence-corrected chi connectivity index (χ4v) is 3.64. The molecule has 0 spiro atoms. The Morgan fingerprint density at radius 3 is 2.79 bits per heavy atom. The van der Waals surface area contributed by atoms with Gasteiger partial charge in [0, 0.05) is 36.4 Å². The van der Waals surface area contributed by atoms with Crippen molar-refractivity contribution in [3.05, 3.63) is 61.8 Å². The van der Waals surface area contributed by atoms with E-state index in [1.165, 1.54) is 0 Å². The van der Waals surface area contributed by atoms with Crippen LogP contribution in [0, 0.1) is 10.5 Å². The van der Waals surface area contributed by atoms with Crippen LogP contribution in [-0.2, 0) is 11.3 Å². The van der Waals surface area contributed by atoms with Gasteiger partial charge in [0.2, 0.25) is 5.91 Å². The SMILES string of the molecule is Cc1cc(I)ccc1NC(=O)Cn1cc(C=O)c2cc(Br)ccc21. The number of benzene rings is 2. The molecule has 0 radical (unpaired) electrons. The molecular formula is C18H14BrIN2O2. The van der Waals surface area contributed by atoms with Gasteiger partial charge in [0.1, 0.15) is 6.54 Å². The molecule has 1 amide bonds. The molecule has 0 bridgehead atoms. The van der Waals surface area contributed by atoms with Crippen molar-refractivity contribution < 1.29 is 9.59 Å². The second kappa shape index (κ2) is 7.06. The first-order chi connectivity index (χ1) is 11.5. The van der Waals surface area contributed by atoms with Gasteiger partial charge >= 0.3 is 0 Å². The molecule has 3 aromatic rings. The summed E-state index contributed by atoms with van der Waals surface area (Å²) in [6, 6.07) is 11.6. The molecule has 1 N–H and O–H groups in total. The maximum atomic E-state index is 12.4. The van der Waals surface area contributed by atoms with Crippen LogP contribution < -0.4 is 5.32 Å². The molecule has 6 heteroatoms. The summed E-state index contributed by atoms with van der Waals surface area (Å²) in [7, 11) is 0. The van der Waals surface area contributed by atoms with Gasteiger partial charge in [-0.2, -0.15) is 0 Å². The van der Waals surface area contributed by atoms with E-state index in [4.69, 9.17) is 0 Å². The largest absolute Gasteiger partial charge is 0.337 e. The molecule has 2 aromatic carbocycles. The maximum absolute atomic E-state index is 12.4. The van der Waals surface area contributed by atoms with Gasteiger partial charge in [0.15, 0.2) is 6.29 Å². The number of amides is 1. The number of fused-ring (bicyclic) bond motifs is 1. The number of hydrogen-bond donors (Lipinski definition) is 1. The number of carbonyl (C=O) groups is 2. The first kappa shape index (κ1) is 17.2. The molecule has 24 heavy (non-hydrogen) atoms. The summed E-state index contributed by atoms with van der Waals surface area (Å²) in [6.07, 6.45) is 2.52. The van der Waals surface area contributed by atoms with Gasteiger partial charge in [-0.15, -0.1) is 0 Å². The summed E-state index contributed by atoms with van der Waals surface area (Å²) in [5, 5.41) is 3.76. The zero-order valence-corrected chi connectivity index (χ0v) is 16.6. The highest BCUT2D eigenvalue weighted by molar-refractivity contribution is 14.1. The maximum Gasteiger partial charge on any atom is 0.244 e. The molecule has 0 aliphatic carbocycles. The van der Waals surface area contributed by atoms with Crippen LogP contribution in [-0.4, -0.2) is 16.8 Å². The molecule has 0 atom stereocenters. The lowest BCUT2D eigenvalue weighted by molar-refractivity contribution is -0.116. The lowest BCUT2D eigenvalue weighted by Gasteiger charge is -2.10. The highest BCUT2D eigenvalue weighted by Crippen LogP contribution is 2.24. The number of aromatic nitrogens is 1. The van der Waals surface area contributed by atoms with Gasteiger partial charge in [0.25, 0.3) is 0 Å². The minimum atomic E-state index is -0.128. The van der Waals surface area contributed by atoms with E-state index >= 15 is 0 Å². The van der Waals surface area contributed by atoms with E-state index in [0.717, 1.165) is 36.5 Å². The highest BCUT2D eigenvalue weighted by atomic mass is 127. The predicted molar refractivity (Wildman–Crippen MR) is 108 cm³/mol. The van der Waals surface area contributed by atoms with E-state index in [9.17, 15) is 9.59 Å². The topological polar surface area (TPSA) is 51.1 Å². The number of nitrogens with one attached hydrogen (secondary N) is 1. The number of aryl methyl sites for hydroxylation is 1. The molecule has 0 saturated heterocycles. The van der Waals surface area contributed by atoms with Gasteiger partial charge in [-0.1, -0.05) is 15.9 Å². The van der Waals surface area contributed by atoms with Crippen molar-refractivity contribution in [2.24, 2.45) is 0 Å². The first-order valence-electron chi connectivity index (χ1n) is 7.27. The van der Waals surface area contributed by atoms with E-state index in [0.29, 0.717) is 5.56 Å². The summed E-state index contributed by atoms with van der Waals surface area (Å²) >= 11 is 5.65. The Balaban J connectivity index is 1.86. The molecule has 1 aromatic heterocycles. The molecule has 0 aliphatic heterocycles. The van der Waals surface area contributed by atoms with Crippen molar-refractivity contribution in [2.45, 2.75) is 13.5 Å². The summed E-state index contributed by atoms with van der Waals surface area (Å²) < 4.78 is 3.82. The van der Waals surface area contributed by atoms with Crippen LogP contribution in [0.25, 0.3) is 10.9 Å². The Hall–Kier alpha value is -1.67. The van der Waals surface area contributed by atoms with Crippen LogP contribution in [0.4, 0.5) is 5.69 Å². The summed E-state index contributed by atoms with van der Waals surface area (Å²) in [4.78, 5) is 23.7. The number of aldehydes is 1. The Morgan fingerprint density at radius 1 is 1.29 bits per heavy atom. The lowest BCUT2D eigenvalue weighted by Crippen LogP contribution is -2.18. The predicted octanol–water partition coefficient (Wildman–Crippen LogP) is 4.77. The number of hydrogen-bond acceptors (Lipinski definition) is 2. The number of carbonyl (C=O) groups excluding carboxylic acids is 2. The van der Waals surface area contributed by atoms with E-state index < -0.39 is 0 Å². The average Bonchev–Trinajstić information content (AvgIpc) is 2.87. The highest BCUT2D eigenvalue weighted by Gasteiger charge is 2.12. The van der Waals surface area contributed by atoms with Gasteiger partial charge in [0.05, 0.1) is 0 Å². The van der Waals surface area contributed by atoms with E-state index in [1.54, 1.807) is 10.8 Å². The van der Waals surface area contributed by atoms with Crippen molar-refractivity contribution in [1.82, 2.24) is 4.57 Å². The molecule has 0 unspecified atom stereocenters. The first-order valence-corrected chi connectivity index (χ1v) is 9.14. The summed E-state index contributed by atoms with van der Waals surface area (Å²) in [5.41, 5.74) is 3.25. The summed E-state index contributed by atoms with van der Waals surface area (Å²) in [6.45, 7) is 2.11. The number of anilines is 1. The monoisotopic (exact) mass is 496 g/mol. The Labute approximate surface area is 161 Å². The summed E-state index contributed by atoms with van der Waals surface area (Å²) in [5.74, 6) is -0.128. The van der Waals surface area contributed by atoms with E-state index in [2.05, 4.69) is 43.8 Å². The fraction of sp³-hybridized carbons (Fsp3) is 0.111. The fourth-order valence-electron chi connectivity index (χ4n) is 2.63. The van der Waals surface area contributed by atoms with Crippen LogP contribution in [0.3, 0.4) is 0 Å². The standard InChI is InChI=1S/C18H14BrIN2O2/c1-11-6-14(20)3-4-16(11)21-18(24)9-22-8-12(10-23)15-7-13(19)2-5-17(15)22/h2-8,10H,9H2,1H3,(H,21,24). The molecule has 0 aliphatic rings. The van der Waals surface area contributed by atoms with Crippen molar-refractivity contribution in [2.75, 3.05) is 5.32 Å². The smallest absolute Gasteiger partial charge is 0.244 e. The Kier molecular flexibility index (Phi) is 5.05. The third-order valence-electron chi connectivity index (χ3n) is 3.78. The second-order valence-electron chi connectivity index (χ2n) is 5.50. The van der Waals surface area contributed by atoms with Crippen LogP contribution in [0.5, 0.6) is 0 Å².